The van der Waals surface area contributed by atoms with Crippen molar-refractivity contribution in [1.82, 2.24) is 25.3 Å². The van der Waals surface area contributed by atoms with Crippen LogP contribution >= 0.6 is 0 Å². The summed E-state index contributed by atoms with van der Waals surface area (Å²) in [5, 5.41) is 11.5. The van der Waals surface area contributed by atoms with Crippen molar-refractivity contribution in [3.63, 3.8) is 0 Å². The highest BCUT2D eigenvalue weighted by Gasteiger charge is 2.19. The van der Waals surface area contributed by atoms with Crippen LogP contribution in [0.25, 0.3) is 0 Å². The number of aromatic nitrogens is 2. The summed E-state index contributed by atoms with van der Waals surface area (Å²) in [5.41, 5.74) is 4.74. The van der Waals surface area contributed by atoms with Crippen molar-refractivity contribution < 1.29 is 4.74 Å². The summed E-state index contributed by atoms with van der Waals surface area (Å²) in [6.45, 7) is 9.90. The quantitative estimate of drug-likeness (QED) is 0.488. The zero-order valence-corrected chi connectivity index (χ0v) is 19.8. The number of rotatable bonds is 9. The van der Waals surface area contributed by atoms with Gasteiger partial charge in [-0.3, -0.25) is 9.67 Å². The maximum atomic E-state index is 5.57. The van der Waals surface area contributed by atoms with E-state index in [4.69, 9.17) is 9.73 Å². The van der Waals surface area contributed by atoms with Crippen LogP contribution in [0, 0.1) is 13.8 Å². The molecule has 0 bridgehead atoms. The number of hydrogen-bond acceptors (Lipinski definition) is 4. The van der Waals surface area contributed by atoms with Gasteiger partial charge in [0.2, 0.25) is 0 Å². The van der Waals surface area contributed by atoms with E-state index in [2.05, 4.69) is 68.5 Å². The Kier molecular flexibility index (Phi) is 8.72. The van der Waals surface area contributed by atoms with Crippen LogP contribution in [-0.4, -0.2) is 61.0 Å². The van der Waals surface area contributed by atoms with Crippen LogP contribution in [0.5, 0.6) is 5.75 Å². The Labute approximate surface area is 181 Å². The van der Waals surface area contributed by atoms with Crippen molar-refractivity contribution in [3.8, 4) is 5.75 Å². The lowest BCUT2D eigenvalue weighted by atomic mass is 10.0. The van der Waals surface area contributed by atoms with Gasteiger partial charge in [0.05, 0.1) is 25.4 Å². The summed E-state index contributed by atoms with van der Waals surface area (Å²) in [7, 11) is 7.85. The molecule has 0 fully saturated rings. The Morgan fingerprint density at radius 2 is 1.97 bits per heavy atom. The average Bonchev–Trinajstić information content (AvgIpc) is 2.94. The fourth-order valence-electron chi connectivity index (χ4n) is 3.68. The van der Waals surface area contributed by atoms with E-state index in [0.717, 1.165) is 35.9 Å². The Morgan fingerprint density at radius 1 is 1.27 bits per heavy atom. The molecule has 1 aromatic heterocycles. The molecule has 0 spiro atoms. The number of hydrogen-bond donors (Lipinski definition) is 2. The summed E-state index contributed by atoms with van der Waals surface area (Å²) < 4.78 is 7.52. The summed E-state index contributed by atoms with van der Waals surface area (Å²) in [6, 6.07) is 8.49. The van der Waals surface area contributed by atoms with Crippen LogP contribution < -0.4 is 15.4 Å². The fourth-order valence-corrected chi connectivity index (χ4v) is 3.68. The zero-order chi connectivity index (χ0) is 22.3. The minimum Gasteiger partial charge on any atom is -0.496 e. The normalized spacial score (nSPS) is 14.0. The molecular formula is C23H38N6O. The molecule has 2 unspecified atom stereocenters. The Morgan fingerprint density at radius 3 is 2.53 bits per heavy atom. The van der Waals surface area contributed by atoms with Crippen LogP contribution in [0.2, 0.25) is 0 Å². The highest BCUT2D eigenvalue weighted by molar-refractivity contribution is 5.80. The van der Waals surface area contributed by atoms with E-state index in [0.29, 0.717) is 6.54 Å². The van der Waals surface area contributed by atoms with Gasteiger partial charge >= 0.3 is 0 Å². The predicted molar refractivity (Wildman–Crippen MR) is 124 cm³/mol. The van der Waals surface area contributed by atoms with Crippen LogP contribution in [-0.2, 0) is 13.5 Å². The van der Waals surface area contributed by atoms with Gasteiger partial charge in [0.25, 0.3) is 0 Å². The van der Waals surface area contributed by atoms with Gasteiger partial charge in [-0.05, 0) is 59.8 Å². The summed E-state index contributed by atoms with van der Waals surface area (Å²) in [6.07, 6.45) is 0.902. The number of para-hydroxylation sites is 1. The molecule has 0 aliphatic rings. The van der Waals surface area contributed by atoms with Crippen molar-refractivity contribution >= 4 is 5.96 Å². The minimum absolute atomic E-state index is 0.120. The number of methoxy groups -OCH3 is 1. The van der Waals surface area contributed by atoms with Gasteiger partial charge in [-0.25, -0.2) is 0 Å². The number of ether oxygens (including phenoxy) is 1. The fraction of sp³-hybridized carbons (Fsp3) is 0.565. The highest BCUT2D eigenvalue weighted by Crippen LogP contribution is 2.28. The first-order chi connectivity index (χ1) is 14.3. The number of aryl methyl sites for hydroxylation is 2. The van der Waals surface area contributed by atoms with E-state index in [1.807, 2.05) is 29.9 Å². The molecule has 2 N–H and O–H groups in total. The van der Waals surface area contributed by atoms with Gasteiger partial charge in [0.15, 0.2) is 5.96 Å². The topological polar surface area (TPSA) is 66.7 Å². The first-order valence-corrected chi connectivity index (χ1v) is 10.6. The van der Waals surface area contributed by atoms with E-state index in [9.17, 15) is 0 Å². The Balaban J connectivity index is 2.15. The number of benzene rings is 1. The number of likely N-dealkylation sites (N-methyl/N-ethyl adjacent to an activating group) is 1. The SMILES string of the molecule is CCNC(=NCC(c1ccccc1OC)N(C)C)NC(C)Cc1c(C)nn(C)c1C. The number of aliphatic imine (C=N–C) groups is 1. The lowest BCUT2D eigenvalue weighted by Crippen LogP contribution is -2.43. The number of guanidine groups is 1. The van der Waals surface area contributed by atoms with Crippen LogP contribution in [0.3, 0.4) is 0 Å². The molecule has 30 heavy (non-hydrogen) atoms. The first kappa shape index (κ1) is 23.7. The molecule has 0 saturated carbocycles. The maximum Gasteiger partial charge on any atom is 0.191 e. The van der Waals surface area contributed by atoms with Gasteiger partial charge < -0.3 is 20.3 Å². The molecule has 0 saturated heterocycles. The molecule has 2 rings (SSSR count). The molecule has 1 aromatic carbocycles. The van der Waals surface area contributed by atoms with Crippen LogP contribution in [0.4, 0.5) is 0 Å². The summed E-state index contributed by atoms with van der Waals surface area (Å²) in [4.78, 5) is 7.07. The monoisotopic (exact) mass is 414 g/mol. The summed E-state index contributed by atoms with van der Waals surface area (Å²) >= 11 is 0. The molecule has 0 aliphatic carbocycles. The number of nitrogens with zero attached hydrogens (tertiary/aromatic N) is 4. The van der Waals surface area contributed by atoms with Crippen LogP contribution in [0.15, 0.2) is 29.3 Å². The molecule has 166 valence electrons. The molecule has 0 radical (unpaired) electrons. The first-order valence-electron chi connectivity index (χ1n) is 10.6. The zero-order valence-electron chi connectivity index (χ0n) is 19.8. The van der Waals surface area contributed by atoms with Gasteiger partial charge in [-0.1, -0.05) is 18.2 Å². The molecule has 0 aliphatic heterocycles. The predicted octanol–water partition coefficient (Wildman–Crippen LogP) is 2.83. The average molecular weight is 415 g/mol. The third-order valence-electron chi connectivity index (χ3n) is 5.44. The van der Waals surface area contributed by atoms with Crippen molar-refractivity contribution in [2.24, 2.45) is 12.0 Å². The van der Waals surface area contributed by atoms with E-state index in [1.165, 1.54) is 11.3 Å². The van der Waals surface area contributed by atoms with E-state index in [1.54, 1.807) is 7.11 Å². The van der Waals surface area contributed by atoms with Gasteiger partial charge in [0.1, 0.15) is 5.75 Å². The van der Waals surface area contributed by atoms with Gasteiger partial charge in [-0.2, -0.15) is 5.10 Å². The Hall–Kier alpha value is -2.54. The molecule has 7 nitrogen and oxygen atoms in total. The van der Waals surface area contributed by atoms with Crippen molar-refractivity contribution in [1.29, 1.82) is 0 Å². The second-order valence-electron chi connectivity index (χ2n) is 7.96. The molecule has 0 amide bonds. The van der Waals surface area contributed by atoms with Crippen molar-refractivity contribution in [2.75, 3.05) is 34.3 Å². The van der Waals surface area contributed by atoms with Crippen LogP contribution in [0.1, 0.15) is 42.4 Å². The van der Waals surface area contributed by atoms with E-state index < -0.39 is 0 Å². The van der Waals surface area contributed by atoms with E-state index in [-0.39, 0.29) is 12.1 Å². The molecule has 2 atom stereocenters. The molecular weight excluding hydrogens is 376 g/mol. The van der Waals surface area contributed by atoms with Crippen molar-refractivity contribution in [2.45, 2.75) is 46.2 Å². The minimum atomic E-state index is 0.120. The Bertz CT molecular complexity index is 842. The van der Waals surface area contributed by atoms with Gasteiger partial charge in [0, 0.05) is 30.9 Å². The third kappa shape index (κ3) is 5.98. The maximum absolute atomic E-state index is 5.57. The lowest BCUT2D eigenvalue weighted by Gasteiger charge is -2.25. The molecule has 7 heteroatoms. The highest BCUT2D eigenvalue weighted by atomic mass is 16.5. The number of nitrogens with one attached hydrogen (secondary N) is 2. The molecule has 1 heterocycles. The standard InChI is InChI=1S/C23H38N6O/c1-9-24-23(26-16(2)14-20-17(3)27-29(7)18(20)4)25-15-21(28(5)6)19-12-10-11-13-22(19)30-8/h10-13,16,21H,9,14-15H2,1-8H3,(H2,24,25,26). The second kappa shape index (κ2) is 11.0. The van der Waals surface area contributed by atoms with E-state index >= 15 is 0 Å². The third-order valence-corrected chi connectivity index (χ3v) is 5.44. The van der Waals surface area contributed by atoms with Gasteiger partial charge in [-0.15, -0.1) is 0 Å². The lowest BCUT2D eigenvalue weighted by molar-refractivity contribution is 0.295. The molecule has 2 aromatic rings. The second-order valence-corrected chi connectivity index (χ2v) is 7.96. The summed E-state index contributed by atoms with van der Waals surface area (Å²) in [5.74, 6) is 1.71. The largest absolute Gasteiger partial charge is 0.496 e. The smallest absolute Gasteiger partial charge is 0.191 e. The van der Waals surface area contributed by atoms with Crippen molar-refractivity contribution in [3.05, 3.63) is 46.8 Å².